The minimum absolute atomic E-state index is 0.0652. The van der Waals surface area contributed by atoms with Crippen LogP contribution in [0.4, 0.5) is 4.79 Å². The van der Waals surface area contributed by atoms with E-state index in [1.54, 1.807) is 11.3 Å². The zero-order chi connectivity index (χ0) is 15.4. The Balaban J connectivity index is 1.61. The molecule has 0 bridgehead atoms. The summed E-state index contributed by atoms with van der Waals surface area (Å²) in [6.07, 6.45) is 3.02. The summed E-state index contributed by atoms with van der Waals surface area (Å²) >= 11 is 1.74. The number of amides is 2. The Morgan fingerprint density at radius 3 is 2.86 bits per heavy atom. The third-order valence-electron chi connectivity index (χ3n) is 4.16. The molecule has 1 saturated heterocycles. The second-order valence-electron chi connectivity index (χ2n) is 5.90. The second-order valence-corrected chi connectivity index (χ2v) is 6.93. The van der Waals surface area contributed by atoms with Gasteiger partial charge in [-0.25, -0.2) is 4.79 Å². The van der Waals surface area contributed by atoms with E-state index in [4.69, 9.17) is 0 Å². The lowest BCUT2D eigenvalue weighted by atomic mass is 10.1. The molecule has 2 aromatic rings. The molecular weight excluding hydrogens is 292 g/mol. The number of thiophene rings is 1. The molecule has 1 fully saturated rings. The topological polar surface area (TPSA) is 32.3 Å². The maximum Gasteiger partial charge on any atom is 0.318 e. The lowest BCUT2D eigenvalue weighted by Crippen LogP contribution is -2.44. The highest BCUT2D eigenvalue weighted by Crippen LogP contribution is 2.31. The van der Waals surface area contributed by atoms with Gasteiger partial charge in [-0.15, -0.1) is 11.3 Å². The van der Waals surface area contributed by atoms with Crippen molar-refractivity contribution < 1.29 is 4.79 Å². The summed E-state index contributed by atoms with van der Waals surface area (Å²) in [6, 6.07) is 15.0. The number of carbonyl (C=O) groups excluding carboxylic acids is 1. The standard InChI is InChI=1S/C18H22N2OS/c1-14(13-16-9-6-12-22-16)19-18(21)20-11-5-10-17(20)15-7-3-2-4-8-15/h2-4,6-9,12,14,17H,5,10-11,13H2,1H3,(H,19,21). The largest absolute Gasteiger partial charge is 0.335 e. The molecule has 2 heterocycles. The third-order valence-corrected chi connectivity index (χ3v) is 5.05. The normalized spacial score (nSPS) is 19.1. The zero-order valence-corrected chi connectivity index (χ0v) is 13.7. The molecule has 1 N–H and O–H groups in total. The first-order valence-corrected chi connectivity index (χ1v) is 8.76. The Hall–Kier alpha value is -1.81. The molecule has 0 saturated carbocycles. The molecular formula is C18H22N2OS. The van der Waals surface area contributed by atoms with Crippen LogP contribution in [0, 0.1) is 0 Å². The lowest BCUT2D eigenvalue weighted by Gasteiger charge is -2.27. The van der Waals surface area contributed by atoms with E-state index < -0.39 is 0 Å². The first kappa shape index (κ1) is 15.1. The summed E-state index contributed by atoms with van der Waals surface area (Å²) in [7, 11) is 0. The van der Waals surface area contributed by atoms with Crippen molar-refractivity contribution in [3.05, 3.63) is 58.3 Å². The number of nitrogens with one attached hydrogen (secondary N) is 1. The molecule has 1 aliphatic rings. The van der Waals surface area contributed by atoms with Gasteiger partial charge < -0.3 is 10.2 Å². The summed E-state index contributed by atoms with van der Waals surface area (Å²) < 4.78 is 0. The summed E-state index contributed by atoms with van der Waals surface area (Å²) in [4.78, 5) is 15.9. The van der Waals surface area contributed by atoms with E-state index in [0.717, 1.165) is 25.8 Å². The van der Waals surface area contributed by atoms with Crippen molar-refractivity contribution in [2.24, 2.45) is 0 Å². The maximum atomic E-state index is 12.6. The molecule has 1 aromatic carbocycles. The highest BCUT2D eigenvalue weighted by atomic mass is 32.1. The number of hydrogen-bond acceptors (Lipinski definition) is 2. The Bertz CT molecular complexity index is 597. The number of carbonyl (C=O) groups is 1. The molecule has 0 radical (unpaired) electrons. The summed E-state index contributed by atoms with van der Waals surface area (Å²) in [5.74, 6) is 0. The molecule has 2 unspecified atom stereocenters. The van der Waals surface area contributed by atoms with Crippen LogP contribution in [0.15, 0.2) is 47.8 Å². The van der Waals surface area contributed by atoms with Crippen molar-refractivity contribution >= 4 is 17.4 Å². The van der Waals surface area contributed by atoms with Crippen LogP contribution in [0.3, 0.4) is 0 Å². The Kier molecular flexibility index (Phi) is 4.78. The van der Waals surface area contributed by atoms with Crippen molar-refractivity contribution in [3.8, 4) is 0 Å². The number of nitrogens with zero attached hydrogens (tertiary/aromatic N) is 1. The van der Waals surface area contributed by atoms with Gasteiger partial charge in [-0.1, -0.05) is 36.4 Å². The van der Waals surface area contributed by atoms with Crippen molar-refractivity contribution in [2.75, 3.05) is 6.54 Å². The van der Waals surface area contributed by atoms with Crippen LogP contribution in [-0.2, 0) is 6.42 Å². The van der Waals surface area contributed by atoms with Crippen LogP contribution < -0.4 is 5.32 Å². The predicted molar refractivity (Wildman–Crippen MR) is 91.1 cm³/mol. The van der Waals surface area contributed by atoms with Gasteiger partial charge in [0, 0.05) is 23.9 Å². The van der Waals surface area contributed by atoms with Gasteiger partial charge >= 0.3 is 6.03 Å². The minimum atomic E-state index is 0.0652. The van der Waals surface area contributed by atoms with Crippen LogP contribution in [0.1, 0.15) is 36.2 Å². The van der Waals surface area contributed by atoms with E-state index in [0.29, 0.717) is 0 Å². The van der Waals surface area contributed by atoms with E-state index in [2.05, 4.69) is 41.9 Å². The Labute approximate surface area is 136 Å². The second kappa shape index (κ2) is 6.97. The van der Waals surface area contributed by atoms with Crippen LogP contribution >= 0.6 is 11.3 Å². The number of urea groups is 1. The molecule has 116 valence electrons. The van der Waals surface area contributed by atoms with E-state index in [1.165, 1.54) is 10.4 Å². The zero-order valence-electron chi connectivity index (χ0n) is 12.9. The fourth-order valence-electron chi connectivity index (χ4n) is 3.11. The molecule has 1 aromatic heterocycles. The summed E-state index contributed by atoms with van der Waals surface area (Å²) in [5.41, 5.74) is 1.24. The highest BCUT2D eigenvalue weighted by molar-refractivity contribution is 7.09. The van der Waals surface area contributed by atoms with Crippen LogP contribution in [-0.4, -0.2) is 23.5 Å². The minimum Gasteiger partial charge on any atom is -0.335 e. The molecule has 1 aliphatic heterocycles. The summed E-state index contributed by atoms with van der Waals surface area (Å²) in [6.45, 7) is 2.92. The molecule has 2 amide bonds. The molecule has 0 spiro atoms. The number of likely N-dealkylation sites (tertiary alicyclic amines) is 1. The highest BCUT2D eigenvalue weighted by Gasteiger charge is 2.30. The monoisotopic (exact) mass is 314 g/mol. The van der Waals surface area contributed by atoms with Gasteiger partial charge in [0.1, 0.15) is 0 Å². The van der Waals surface area contributed by atoms with Crippen LogP contribution in [0.2, 0.25) is 0 Å². The van der Waals surface area contributed by atoms with Gasteiger partial charge in [0.2, 0.25) is 0 Å². The smallest absolute Gasteiger partial charge is 0.318 e. The first-order chi connectivity index (χ1) is 10.7. The molecule has 22 heavy (non-hydrogen) atoms. The number of benzene rings is 1. The van der Waals surface area contributed by atoms with Crippen LogP contribution in [0.25, 0.3) is 0 Å². The van der Waals surface area contributed by atoms with E-state index in [-0.39, 0.29) is 18.1 Å². The Morgan fingerprint density at radius 2 is 2.14 bits per heavy atom. The van der Waals surface area contributed by atoms with Crippen LogP contribution in [0.5, 0.6) is 0 Å². The fraction of sp³-hybridized carbons (Fsp3) is 0.389. The molecule has 4 heteroatoms. The van der Waals surface area contributed by atoms with Gasteiger partial charge in [0.15, 0.2) is 0 Å². The quantitative estimate of drug-likeness (QED) is 0.900. The van der Waals surface area contributed by atoms with E-state index in [9.17, 15) is 4.79 Å². The van der Waals surface area contributed by atoms with Crippen molar-refractivity contribution in [1.82, 2.24) is 10.2 Å². The van der Waals surface area contributed by atoms with Crippen molar-refractivity contribution in [3.63, 3.8) is 0 Å². The number of rotatable bonds is 4. The SMILES string of the molecule is CC(Cc1cccs1)NC(=O)N1CCCC1c1ccccc1. The maximum absolute atomic E-state index is 12.6. The van der Waals surface area contributed by atoms with E-state index >= 15 is 0 Å². The van der Waals surface area contributed by atoms with Gasteiger partial charge in [-0.05, 0) is 36.8 Å². The van der Waals surface area contributed by atoms with Gasteiger partial charge in [0.25, 0.3) is 0 Å². The molecule has 0 aliphatic carbocycles. The third kappa shape index (κ3) is 3.50. The molecule has 3 nitrogen and oxygen atoms in total. The first-order valence-electron chi connectivity index (χ1n) is 7.88. The van der Waals surface area contributed by atoms with E-state index in [1.807, 2.05) is 23.1 Å². The van der Waals surface area contributed by atoms with Gasteiger partial charge in [0.05, 0.1) is 6.04 Å². The Morgan fingerprint density at radius 1 is 1.32 bits per heavy atom. The average Bonchev–Trinajstić information content (AvgIpc) is 3.18. The summed E-state index contributed by atoms with van der Waals surface area (Å²) in [5, 5.41) is 5.23. The van der Waals surface area contributed by atoms with Crippen molar-refractivity contribution in [1.29, 1.82) is 0 Å². The molecule has 3 rings (SSSR count). The van der Waals surface area contributed by atoms with Crippen molar-refractivity contribution in [2.45, 2.75) is 38.3 Å². The average molecular weight is 314 g/mol. The van der Waals surface area contributed by atoms with Gasteiger partial charge in [-0.3, -0.25) is 0 Å². The molecule has 2 atom stereocenters. The number of hydrogen-bond donors (Lipinski definition) is 1. The predicted octanol–water partition coefficient (Wildman–Crippen LogP) is 4.23. The van der Waals surface area contributed by atoms with Gasteiger partial charge in [-0.2, -0.15) is 0 Å². The fourth-order valence-corrected chi connectivity index (χ4v) is 3.94. The lowest BCUT2D eigenvalue weighted by molar-refractivity contribution is 0.189.